The highest BCUT2D eigenvalue weighted by Crippen LogP contribution is 2.44. The van der Waals surface area contributed by atoms with Crippen LogP contribution < -0.4 is 14.5 Å². The van der Waals surface area contributed by atoms with Gasteiger partial charge in [0.2, 0.25) is 0 Å². The third-order valence-electron chi connectivity index (χ3n) is 13.3. The SMILES string of the molecule is CN(Cc1ncccn1)Cc1nc(N2CCCCC2)c2cc(Cl)c(-c3c(O)cccc3F)c(F)c2n1.COc1cccc(F)c1-c1c(Cl)cc2c(N3CCN(C(=O)OC(C)(C)C)CC3)nc(CN(C)Cc3ncccn3)nc2c1F. The molecule has 2 fully saturated rings. The highest BCUT2D eigenvalue weighted by molar-refractivity contribution is 6.35. The molecule has 0 bridgehead atoms. The number of nitrogens with zero attached hydrogens (tertiary/aromatic N) is 13. The Balaban J connectivity index is 0.000000197. The van der Waals surface area contributed by atoms with E-state index in [1.807, 2.05) is 49.6 Å². The number of rotatable bonds is 13. The Bertz CT molecular complexity index is 3500. The zero-order chi connectivity index (χ0) is 56.8. The maximum Gasteiger partial charge on any atom is 0.410 e. The molecule has 0 radical (unpaired) electrons. The third-order valence-corrected chi connectivity index (χ3v) is 13.9. The number of fused-ring (bicyclic) bond motifs is 2. The van der Waals surface area contributed by atoms with Crippen molar-refractivity contribution in [3.05, 3.63) is 142 Å². The van der Waals surface area contributed by atoms with Gasteiger partial charge in [-0.05, 0) is 103 Å². The Kier molecular flexibility index (Phi) is 17.7. The van der Waals surface area contributed by atoms with Crippen molar-refractivity contribution in [1.29, 1.82) is 0 Å². The average Bonchev–Trinajstić information content (AvgIpc) is 3.62. The zero-order valence-electron chi connectivity index (χ0n) is 45.0. The lowest BCUT2D eigenvalue weighted by Crippen LogP contribution is -2.50. The first-order valence-electron chi connectivity index (χ1n) is 25.9. The van der Waals surface area contributed by atoms with E-state index in [0.717, 1.165) is 38.4 Å². The van der Waals surface area contributed by atoms with Crippen molar-refractivity contribution < 1.29 is 36.9 Å². The topological polar surface area (TPSA) is 175 Å². The summed E-state index contributed by atoms with van der Waals surface area (Å²) in [4.78, 5) is 58.1. The lowest BCUT2D eigenvalue weighted by Gasteiger charge is -2.36. The van der Waals surface area contributed by atoms with Crippen molar-refractivity contribution in [1.82, 2.24) is 54.6 Å². The van der Waals surface area contributed by atoms with Gasteiger partial charge in [-0.15, -0.1) is 0 Å². The van der Waals surface area contributed by atoms with E-state index in [4.69, 9.17) is 42.6 Å². The van der Waals surface area contributed by atoms with Crippen LogP contribution in [0.25, 0.3) is 44.1 Å². The summed E-state index contributed by atoms with van der Waals surface area (Å²) >= 11 is 13.2. The zero-order valence-corrected chi connectivity index (χ0v) is 46.5. The number of hydrogen-bond donors (Lipinski definition) is 1. The van der Waals surface area contributed by atoms with Crippen LogP contribution in [0.2, 0.25) is 10.0 Å². The second-order valence-electron chi connectivity index (χ2n) is 20.4. The summed E-state index contributed by atoms with van der Waals surface area (Å²) in [6.07, 6.45) is 9.41. The largest absolute Gasteiger partial charge is 0.507 e. The van der Waals surface area contributed by atoms with Gasteiger partial charge in [-0.3, -0.25) is 9.80 Å². The number of benzene rings is 4. The van der Waals surface area contributed by atoms with Gasteiger partial charge in [0.15, 0.2) is 11.6 Å². The molecule has 6 heterocycles. The minimum atomic E-state index is -0.797. The maximum atomic E-state index is 16.5. The molecule has 2 aliphatic heterocycles. The van der Waals surface area contributed by atoms with Crippen LogP contribution in [-0.2, 0) is 30.9 Å². The molecule has 0 unspecified atom stereocenters. The second-order valence-corrected chi connectivity index (χ2v) is 21.3. The first kappa shape index (κ1) is 57.1. The van der Waals surface area contributed by atoms with E-state index in [1.165, 1.54) is 31.4 Å². The molecule has 0 atom stereocenters. The van der Waals surface area contributed by atoms with Crippen LogP contribution >= 0.6 is 23.2 Å². The molecular formula is C57H59Cl2F4N13O4. The van der Waals surface area contributed by atoms with Gasteiger partial charge in [-0.25, -0.2) is 62.2 Å². The fourth-order valence-electron chi connectivity index (χ4n) is 9.64. The van der Waals surface area contributed by atoms with Crippen molar-refractivity contribution in [3.63, 3.8) is 0 Å². The van der Waals surface area contributed by atoms with E-state index in [1.54, 1.807) is 60.0 Å². The van der Waals surface area contributed by atoms with Gasteiger partial charge in [0.25, 0.3) is 0 Å². The Morgan fingerprint density at radius 1 is 0.600 bits per heavy atom. The van der Waals surface area contributed by atoms with E-state index in [9.17, 15) is 14.3 Å². The summed E-state index contributed by atoms with van der Waals surface area (Å²) in [6.45, 7) is 10.1. The molecule has 1 N–H and O–H groups in total. The van der Waals surface area contributed by atoms with Crippen molar-refractivity contribution in [2.75, 3.05) is 70.3 Å². The number of aromatic hydroxyl groups is 1. The molecule has 418 valence electrons. The number of anilines is 2. The van der Waals surface area contributed by atoms with E-state index < -0.39 is 40.7 Å². The van der Waals surface area contributed by atoms with Crippen LogP contribution in [0.1, 0.15) is 63.3 Å². The van der Waals surface area contributed by atoms with Crippen molar-refractivity contribution in [2.24, 2.45) is 0 Å². The first-order chi connectivity index (χ1) is 38.4. The molecule has 4 aromatic heterocycles. The summed E-state index contributed by atoms with van der Waals surface area (Å²) in [7, 11) is 5.12. The fraction of sp³-hybridized carbons (Fsp3) is 0.351. The molecule has 10 rings (SSSR count). The highest BCUT2D eigenvalue weighted by atomic mass is 35.5. The van der Waals surface area contributed by atoms with Gasteiger partial charge >= 0.3 is 6.09 Å². The molecule has 8 aromatic rings. The Labute approximate surface area is 470 Å². The van der Waals surface area contributed by atoms with Gasteiger partial charge in [-0.2, -0.15) is 0 Å². The number of ether oxygens (including phenoxy) is 2. The summed E-state index contributed by atoms with van der Waals surface area (Å²) in [5.41, 5.74) is -1.34. The number of hydrogen-bond acceptors (Lipinski definition) is 16. The molecular weight excluding hydrogens is 1080 g/mol. The van der Waals surface area contributed by atoms with Gasteiger partial charge in [-0.1, -0.05) is 35.3 Å². The number of aromatic nitrogens is 8. The van der Waals surface area contributed by atoms with Crippen LogP contribution in [0.3, 0.4) is 0 Å². The minimum Gasteiger partial charge on any atom is -0.507 e. The standard InChI is InChI=1S/C31H34ClF2N7O3.C26H25ClF2N6O/c1-31(2,3)44-30(42)41-14-12-40(13-15-41)29-19-16-20(32)25(26-21(33)8-6-9-22(26)43-5)27(34)28(19)37-24(38-29)18-39(4)17-23-35-10-7-11-36-23;1-34(14-20-30-9-6-10-31-20)15-21-32-25-16(26(33-21)35-11-3-2-4-12-35)13-17(27)22(24(25)29)23-18(28)7-5-8-19(23)36/h6-11,16H,12-15,17-18H2,1-5H3;5-10,13,36H,2-4,11-12,14-15H2,1H3. The van der Waals surface area contributed by atoms with Gasteiger partial charge in [0, 0.05) is 86.0 Å². The molecule has 0 saturated carbocycles. The van der Waals surface area contributed by atoms with E-state index in [0.29, 0.717) is 91.5 Å². The van der Waals surface area contributed by atoms with E-state index >= 15 is 13.2 Å². The van der Waals surface area contributed by atoms with Crippen LogP contribution in [0, 0.1) is 23.3 Å². The van der Waals surface area contributed by atoms with Crippen molar-refractivity contribution in [2.45, 2.75) is 71.8 Å². The minimum absolute atomic E-state index is 0.00589. The number of phenolic OH excluding ortho intramolecular Hbond substituents is 1. The molecule has 80 heavy (non-hydrogen) atoms. The maximum absolute atomic E-state index is 16.5. The van der Waals surface area contributed by atoms with E-state index in [2.05, 4.69) is 34.8 Å². The number of piperidine rings is 1. The van der Waals surface area contributed by atoms with Gasteiger partial charge < -0.3 is 29.3 Å². The molecule has 0 spiro atoms. The van der Waals surface area contributed by atoms with Gasteiger partial charge in [0.1, 0.15) is 74.7 Å². The molecule has 2 saturated heterocycles. The molecule has 17 nitrogen and oxygen atoms in total. The van der Waals surface area contributed by atoms with E-state index in [-0.39, 0.29) is 55.6 Å². The number of amides is 1. The predicted molar refractivity (Wildman–Crippen MR) is 299 cm³/mol. The first-order valence-corrected chi connectivity index (χ1v) is 26.7. The lowest BCUT2D eigenvalue weighted by atomic mass is 10.0. The van der Waals surface area contributed by atoms with Crippen molar-refractivity contribution >= 4 is 62.7 Å². The number of carbonyl (C=O) groups is 1. The molecule has 23 heteroatoms. The summed E-state index contributed by atoms with van der Waals surface area (Å²) < 4.78 is 73.3. The number of halogens is 6. The Morgan fingerprint density at radius 2 is 1.05 bits per heavy atom. The number of piperazine rings is 1. The average molecular weight is 1140 g/mol. The molecule has 4 aromatic carbocycles. The third kappa shape index (κ3) is 13.0. The highest BCUT2D eigenvalue weighted by Gasteiger charge is 2.31. The summed E-state index contributed by atoms with van der Waals surface area (Å²) in [6, 6.07) is 14.6. The Hall–Kier alpha value is -7.59. The lowest BCUT2D eigenvalue weighted by molar-refractivity contribution is 0.0240. The quantitative estimate of drug-likeness (QED) is 0.108. The molecule has 0 aliphatic carbocycles. The second kappa shape index (κ2) is 24.8. The van der Waals surface area contributed by atoms with Crippen LogP contribution in [-0.4, -0.2) is 132 Å². The number of carbonyl (C=O) groups excluding carboxylic acids is 1. The normalized spacial score (nSPS) is 14.0. The van der Waals surface area contributed by atoms with Crippen LogP contribution in [0.5, 0.6) is 11.5 Å². The summed E-state index contributed by atoms with van der Waals surface area (Å²) in [5.74, 6) is -0.230. The van der Waals surface area contributed by atoms with Crippen LogP contribution in [0.15, 0.2) is 85.5 Å². The molecule has 2 aliphatic rings. The fourth-order valence-corrected chi connectivity index (χ4v) is 10.2. The predicted octanol–water partition coefficient (Wildman–Crippen LogP) is 11.1. The van der Waals surface area contributed by atoms with Crippen molar-refractivity contribution in [3.8, 4) is 33.8 Å². The van der Waals surface area contributed by atoms with Gasteiger partial charge in [0.05, 0.1) is 54.5 Å². The smallest absolute Gasteiger partial charge is 0.410 e. The monoisotopic (exact) mass is 1140 g/mol. The van der Waals surface area contributed by atoms with Crippen LogP contribution in [0.4, 0.5) is 34.0 Å². The Morgan fingerprint density at radius 3 is 1.52 bits per heavy atom. The summed E-state index contributed by atoms with van der Waals surface area (Å²) in [5, 5.41) is 11.1. The number of methoxy groups -OCH3 is 1. The molecule has 1 amide bonds. The number of phenols is 1.